The maximum atomic E-state index is 12.4. The molecule has 0 saturated heterocycles. The van der Waals surface area contributed by atoms with Gasteiger partial charge in [-0.25, -0.2) is 9.97 Å². The highest BCUT2D eigenvalue weighted by Gasteiger charge is 2.13. The normalized spacial score (nSPS) is 11.1. The summed E-state index contributed by atoms with van der Waals surface area (Å²) < 4.78 is 2.15. The Bertz CT molecular complexity index is 1120. The number of fused-ring (bicyclic) bond motifs is 1. The number of hydrogen-bond acceptors (Lipinski definition) is 4. The topological polar surface area (TPSA) is 59.8 Å². The van der Waals surface area contributed by atoms with Gasteiger partial charge in [0.05, 0.1) is 16.0 Å². The van der Waals surface area contributed by atoms with Gasteiger partial charge in [-0.2, -0.15) is 0 Å². The number of carbonyl (C=O) groups is 1. The fourth-order valence-electron chi connectivity index (χ4n) is 3.57. The molecule has 30 heavy (non-hydrogen) atoms. The Balaban J connectivity index is 1.31. The Morgan fingerprint density at radius 2 is 1.80 bits per heavy atom. The van der Waals surface area contributed by atoms with E-state index in [-0.39, 0.29) is 5.91 Å². The quantitative estimate of drug-likeness (QED) is 0.395. The van der Waals surface area contributed by atoms with Gasteiger partial charge >= 0.3 is 0 Å². The molecule has 0 aliphatic carbocycles. The standard InChI is InChI=1S/C24H26N4OS/c1-18-17-30-24(26-18)13-7-8-16-25-23(29)15-14-22-27-20-11-5-6-12-21(20)28(22)19-9-3-2-4-10-19/h2-6,9-12,17H,7-8,13-16H2,1H3,(H,25,29). The summed E-state index contributed by atoms with van der Waals surface area (Å²) in [5.41, 5.74) is 4.18. The van der Waals surface area contributed by atoms with Gasteiger partial charge in [0, 0.05) is 36.1 Å². The number of nitrogens with one attached hydrogen (secondary N) is 1. The van der Waals surface area contributed by atoms with Gasteiger partial charge in [-0.15, -0.1) is 11.3 Å². The molecule has 4 rings (SSSR count). The van der Waals surface area contributed by atoms with E-state index in [9.17, 15) is 4.79 Å². The zero-order chi connectivity index (χ0) is 20.8. The van der Waals surface area contributed by atoms with E-state index in [1.165, 1.54) is 5.01 Å². The van der Waals surface area contributed by atoms with Crippen LogP contribution in [0.2, 0.25) is 0 Å². The van der Waals surface area contributed by atoms with E-state index in [0.717, 1.165) is 47.5 Å². The summed E-state index contributed by atoms with van der Waals surface area (Å²) >= 11 is 1.71. The van der Waals surface area contributed by atoms with E-state index in [0.29, 0.717) is 19.4 Å². The molecule has 0 spiro atoms. The molecular weight excluding hydrogens is 392 g/mol. The molecule has 154 valence electrons. The first-order valence-electron chi connectivity index (χ1n) is 10.4. The van der Waals surface area contributed by atoms with Crippen molar-refractivity contribution in [3.8, 4) is 5.69 Å². The van der Waals surface area contributed by atoms with Crippen molar-refractivity contribution in [2.24, 2.45) is 0 Å². The number of para-hydroxylation sites is 3. The molecule has 2 aromatic carbocycles. The van der Waals surface area contributed by atoms with Crippen molar-refractivity contribution in [3.05, 3.63) is 76.5 Å². The summed E-state index contributed by atoms with van der Waals surface area (Å²) in [6, 6.07) is 18.3. The molecule has 0 fully saturated rings. The third kappa shape index (κ3) is 4.94. The van der Waals surface area contributed by atoms with Crippen molar-refractivity contribution in [1.82, 2.24) is 19.9 Å². The number of nitrogens with zero attached hydrogens (tertiary/aromatic N) is 3. The van der Waals surface area contributed by atoms with Crippen LogP contribution in [0.1, 0.15) is 35.8 Å². The third-order valence-electron chi connectivity index (χ3n) is 5.03. The van der Waals surface area contributed by atoms with Crippen LogP contribution in [0.15, 0.2) is 60.0 Å². The summed E-state index contributed by atoms with van der Waals surface area (Å²) in [6.45, 7) is 2.73. The van der Waals surface area contributed by atoms with Crippen LogP contribution in [0.25, 0.3) is 16.7 Å². The SMILES string of the molecule is Cc1csc(CCCCNC(=O)CCc2nc3ccccc3n2-c2ccccc2)n1. The van der Waals surface area contributed by atoms with E-state index in [2.05, 4.69) is 38.4 Å². The lowest BCUT2D eigenvalue weighted by Crippen LogP contribution is -2.25. The molecule has 1 amide bonds. The van der Waals surface area contributed by atoms with Gasteiger partial charge in [0.15, 0.2) is 0 Å². The van der Waals surface area contributed by atoms with Crippen LogP contribution in [-0.4, -0.2) is 27.0 Å². The molecule has 1 N–H and O–H groups in total. The number of amides is 1. The average Bonchev–Trinajstić information content (AvgIpc) is 3.35. The zero-order valence-electron chi connectivity index (χ0n) is 17.2. The van der Waals surface area contributed by atoms with Gasteiger partial charge in [0.25, 0.3) is 0 Å². The second kappa shape index (κ2) is 9.67. The molecule has 5 nitrogen and oxygen atoms in total. The first-order chi connectivity index (χ1) is 14.7. The number of benzene rings is 2. The summed E-state index contributed by atoms with van der Waals surface area (Å²) in [6.07, 6.45) is 4.02. The number of aromatic nitrogens is 3. The summed E-state index contributed by atoms with van der Waals surface area (Å²) in [5, 5.41) is 6.31. The minimum absolute atomic E-state index is 0.0757. The number of rotatable bonds is 9. The predicted molar refractivity (Wildman–Crippen MR) is 122 cm³/mol. The minimum Gasteiger partial charge on any atom is -0.356 e. The van der Waals surface area contributed by atoms with Gasteiger partial charge in [-0.3, -0.25) is 9.36 Å². The molecule has 4 aromatic rings. The van der Waals surface area contributed by atoms with Crippen molar-refractivity contribution in [3.63, 3.8) is 0 Å². The summed E-state index contributed by atoms with van der Waals surface area (Å²) in [7, 11) is 0. The highest BCUT2D eigenvalue weighted by molar-refractivity contribution is 7.09. The molecule has 0 unspecified atom stereocenters. The first kappa shape index (κ1) is 20.3. The number of unbranched alkanes of at least 4 members (excludes halogenated alkanes) is 1. The third-order valence-corrected chi connectivity index (χ3v) is 6.05. The van der Waals surface area contributed by atoms with Crippen LogP contribution < -0.4 is 5.32 Å². The van der Waals surface area contributed by atoms with E-state index in [1.54, 1.807) is 11.3 Å². The van der Waals surface area contributed by atoms with Crippen LogP contribution in [0.4, 0.5) is 0 Å². The molecule has 0 aliphatic rings. The van der Waals surface area contributed by atoms with E-state index < -0.39 is 0 Å². The second-order valence-corrected chi connectivity index (χ2v) is 8.32. The Morgan fingerprint density at radius 1 is 1.00 bits per heavy atom. The minimum atomic E-state index is 0.0757. The summed E-state index contributed by atoms with van der Waals surface area (Å²) in [4.78, 5) is 21.6. The Kier molecular flexibility index (Phi) is 6.54. The van der Waals surface area contributed by atoms with Crippen LogP contribution in [-0.2, 0) is 17.6 Å². The molecule has 2 aromatic heterocycles. The fourth-order valence-corrected chi connectivity index (χ4v) is 4.39. The van der Waals surface area contributed by atoms with Gasteiger partial charge in [0.2, 0.25) is 5.91 Å². The molecule has 0 atom stereocenters. The lowest BCUT2D eigenvalue weighted by Gasteiger charge is -2.09. The molecule has 0 radical (unpaired) electrons. The number of imidazole rings is 1. The van der Waals surface area contributed by atoms with Crippen molar-refractivity contribution in [2.75, 3.05) is 6.54 Å². The lowest BCUT2D eigenvalue weighted by atomic mass is 10.2. The molecule has 2 heterocycles. The van der Waals surface area contributed by atoms with Gasteiger partial charge in [0.1, 0.15) is 5.82 Å². The monoisotopic (exact) mass is 418 g/mol. The number of hydrogen-bond donors (Lipinski definition) is 1. The van der Waals surface area contributed by atoms with Crippen molar-refractivity contribution < 1.29 is 4.79 Å². The average molecular weight is 419 g/mol. The van der Waals surface area contributed by atoms with Crippen molar-refractivity contribution >= 4 is 28.3 Å². The van der Waals surface area contributed by atoms with Gasteiger partial charge < -0.3 is 5.32 Å². The second-order valence-electron chi connectivity index (χ2n) is 7.38. The molecule has 0 saturated carbocycles. The van der Waals surface area contributed by atoms with Gasteiger partial charge in [-0.05, 0) is 50.5 Å². The Hall–Kier alpha value is -2.99. The Labute approximate surface area is 180 Å². The smallest absolute Gasteiger partial charge is 0.220 e. The molecule has 0 bridgehead atoms. The van der Waals surface area contributed by atoms with E-state index in [4.69, 9.17) is 4.98 Å². The highest BCUT2D eigenvalue weighted by Crippen LogP contribution is 2.22. The Morgan fingerprint density at radius 3 is 2.60 bits per heavy atom. The molecule has 0 aliphatic heterocycles. The first-order valence-corrected chi connectivity index (χ1v) is 11.3. The molecular formula is C24H26N4OS. The van der Waals surface area contributed by atoms with Crippen LogP contribution in [0.3, 0.4) is 0 Å². The predicted octanol–water partition coefficient (Wildman–Crippen LogP) is 4.86. The zero-order valence-corrected chi connectivity index (χ0v) is 18.0. The number of thiazole rings is 1. The van der Waals surface area contributed by atoms with Crippen LogP contribution in [0, 0.1) is 6.92 Å². The lowest BCUT2D eigenvalue weighted by molar-refractivity contribution is -0.121. The fraction of sp³-hybridized carbons (Fsp3) is 0.292. The van der Waals surface area contributed by atoms with Crippen molar-refractivity contribution in [2.45, 2.75) is 39.0 Å². The van der Waals surface area contributed by atoms with Crippen molar-refractivity contribution in [1.29, 1.82) is 0 Å². The number of aryl methyl sites for hydroxylation is 3. The largest absolute Gasteiger partial charge is 0.356 e. The van der Waals surface area contributed by atoms with Crippen LogP contribution in [0.5, 0.6) is 0 Å². The van der Waals surface area contributed by atoms with E-state index in [1.807, 2.05) is 43.3 Å². The van der Waals surface area contributed by atoms with Crippen LogP contribution >= 0.6 is 11.3 Å². The molecule has 6 heteroatoms. The highest BCUT2D eigenvalue weighted by atomic mass is 32.1. The van der Waals surface area contributed by atoms with Gasteiger partial charge in [-0.1, -0.05) is 30.3 Å². The summed E-state index contributed by atoms with van der Waals surface area (Å²) in [5.74, 6) is 0.989. The maximum Gasteiger partial charge on any atom is 0.220 e. The number of carbonyl (C=O) groups excluding carboxylic acids is 1. The van der Waals surface area contributed by atoms with E-state index >= 15 is 0 Å². The maximum absolute atomic E-state index is 12.4.